The van der Waals surface area contributed by atoms with Gasteiger partial charge in [0.25, 0.3) is 0 Å². The summed E-state index contributed by atoms with van der Waals surface area (Å²) in [5, 5.41) is 14.8. The van der Waals surface area contributed by atoms with Crippen molar-refractivity contribution in [3.63, 3.8) is 0 Å². The summed E-state index contributed by atoms with van der Waals surface area (Å²) in [7, 11) is 0. The zero-order valence-electron chi connectivity index (χ0n) is 9.81. The molecule has 0 spiro atoms. The highest BCUT2D eigenvalue weighted by molar-refractivity contribution is 7.17. The minimum Gasteiger partial charge on any atom is -0.384 e. The Hall–Kier alpha value is -1.06. The van der Waals surface area contributed by atoms with Gasteiger partial charge < -0.3 is 5.11 Å². The van der Waals surface area contributed by atoms with E-state index >= 15 is 0 Å². The summed E-state index contributed by atoms with van der Waals surface area (Å²) in [5.74, 6) is 0. The summed E-state index contributed by atoms with van der Waals surface area (Å²) in [5.41, 5.74) is 1.59. The highest BCUT2D eigenvalue weighted by Crippen LogP contribution is 2.34. The first-order chi connectivity index (χ1) is 9.15. The summed E-state index contributed by atoms with van der Waals surface area (Å²) in [4.78, 5) is 0. The molecule has 0 saturated heterocycles. The van der Waals surface area contributed by atoms with Gasteiger partial charge in [-0.3, -0.25) is 0 Å². The number of fused-ring (bicyclic) bond motifs is 1. The third-order valence-electron chi connectivity index (χ3n) is 3.00. The fourth-order valence-corrected chi connectivity index (χ4v) is 3.63. The van der Waals surface area contributed by atoms with E-state index in [1.54, 1.807) is 29.5 Å². The third kappa shape index (κ3) is 2.49. The van der Waals surface area contributed by atoms with Crippen LogP contribution in [0, 0.1) is 0 Å². The molecule has 0 radical (unpaired) electrons. The smallest absolute Gasteiger partial charge is 0.106 e. The van der Waals surface area contributed by atoms with Crippen molar-refractivity contribution in [2.45, 2.75) is 6.10 Å². The first kappa shape index (κ1) is 12.9. The lowest BCUT2D eigenvalue weighted by Crippen LogP contribution is -1.99. The van der Waals surface area contributed by atoms with Crippen LogP contribution < -0.4 is 0 Å². The lowest BCUT2D eigenvalue weighted by Gasteiger charge is -2.13. The van der Waals surface area contributed by atoms with Crippen LogP contribution in [0.15, 0.2) is 47.8 Å². The third-order valence-corrected chi connectivity index (χ3v) is 4.42. The fraction of sp³-hybridized carbons (Fsp3) is 0.0667. The molecule has 1 nitrogen and oxygen atoms in total. The van der Waals surface area contributed by atoms with E-state index in [1.807, 2.05) is 29.6 Å². The average Bonchev–Trinajstić information content (AvgIpc) is 2.84. The predicted molar refractivity (Wildman–Crippen MR) is 82.3 cm³/mol. The van der Waals surface area contributed by atoms with Crippen LogP contribution in [0.25, 0.3) is 10.1 Å². The number of aliphatic hydroxyl groups excluding tert-OH is 1. The molecule has 3 aromatic rings. The standard InChI is InChI=1S/C15H10Cl2OS/c16-11-6-10(7-12(17)8-11)14(18)13-3-1-2-9-4-5-19-15(9)13/h1-8,14,18H. The summed E-state index contributed by atoms with van der Waals surface area (Å²) < 4.78 is 1.09. The van der Waals surface area contributed by atoms with Gasteiger partial charge in [0.1, 0.15) is 6.10 Å². The van der Waals surface area contributed by atoms with Crippen LogP contribution >= 0.6 is 34.5 Å². The van der Waals surface area contributed by atoms with E-state index in [9.17, 15) is 5.11 Å². The zero-order valence-corrected chi connectivity index (χ0v) is 12.1. The highest BCUT2D eigenvalue weighted by atomic mass is 35.5. The molecule has 96 valence electrons. The molecule has 0 bridgehead atoms. The van der Waals surface area contributed by atoms with Gasteiger partial charge in [0.2, 0.25) is 0 Å². The summed E-state index contributed by atoms with van der Waals surface area (Å²) in [6, 6.07) is 13.1. The molecule has 0 saturated carbocycles. The number of aliphatic hydroxyl groups is 1. The van der Waals surface area contributed by atoms with Crippen molar-refractivity contribution in [1.29, 1.82) is 0 Å². The molecule has 1 N–H and O–H groups in total. The van der Waals surface area contributed by atoms with E-state index in [1.165, 1.54) is 0 Å². The normalized spacial score (nSPS) is 12.8. The summed E-state index contributed by atoms with van der Waals surface area (Å²) in [6.07, 6.45) is -0.724. The number of thiophene rings is 1. The summed E-state index contributed by atoms with van der Waals surface area (Å²) >= 11 is 13.6. The molecule has 19 heavy (non-hydrogen) atoms. The maximum Gasteiger partial charge on any atom is 0.106 e. The second-order valence-corrected chi connectivity index (χ2v) is 6.08. The Morgan fingerprint density at radius 3 is 2.47 bits per heavy atom. The number of hydrogen-bond acceptors (Lipinski definition) is 2. The Morgan fingerprint density at radius 1 is 1.00 bits per heavy atom. The monoisotopic (exact) mass is 308 g/mol. The van der Waals surface area contributed by atoms with Gasteiger partial charge in [0, 0.05) is 20.3 Å². The van der Waals surface area contributed by atoms with E-state index in [4.69, 9.17) is 23.2 Å². The Kier molecular flexibility index (Phi) is 3.50. The van der Waals surface area contributed by atoms with E-state index in [0.29, 0.717) is 15.6 Å². The van der Waals surface area contributed by atoms with Crippen LogP contribution in [0.2, 0.25) is 10.0 Å². The van der Waals surface area contributed by atoms with E-state index in [2.05, 4.69) is 0 Å². The Bertz CT molecular complexity index is 716. The molecule has 1 unspecified atom stereocenters. The van der Waals surface area contributed by atoms with Gasteiger partial charge >= 0.3 is 0 Å². The van der Waals surface area contributed by atoms with Crippen molar-refractivity contribution in [3.05, 3.63) is 69.0 Å². The van der Waals surface area contributed by atoms with Crippen LogP contribution in [-0.2, 0) is 0 Å². The van der Waals surface area contributed by atoms with Crippen molar-refractivity contribution in [3.8, 4) is 0 Å². The topological polar surface area (TPSA) is 20.2 Å². The minimum absolute atomic E-state index is 0.528. The van der Waals surface area contributed by atoms with Gasteiger partial charge in [0.15, 0.2) is 0 Å². The van der Waals surface area contributed by atoms with E-state index in [0.717, 1.165) is 15.6 Å². The fourth-order valence-electron chi connectivity index (χ4n) is 2.14. The zero-order chi connectivity index (χ0) is 13.4. The number of halogens is 2. The van der Waals surface area contributed by atoms with Gasteiger partial charge in [-0.05, 0) is 40.6 Å². The molecule has 0 fully saturated rings. The molecule has 0 amide bonds. The average molecular weight is 309 g/mol. The molecule has 3 rings (SSSR count). The second kappa shape index (κ2) is 5.14. The first-order valence-electron chi connectivity index (χ1n) is 5.75. The molecular formula is C15H10Cl2OS. The SMILES string of the molecule is OC(c1cc(Cl)cc(Cl)c1)c1cccc2ccsc12. The van der Waals surface area contributed by atoms with Crippen molar-refractivity contribution in [2.75, 3.05) is 0 Å². The van der Waals surface area contributed by atoms with Gasteiger partial charge in [-0.15, -0.1) is 11.3 Å². The molecular weight excluding hydrogens is 299 g/mol. The van der Waals surface area contributed by atoms with Gasteiger partial charge in [-0.25, -0.2) is 0 Å². The first-order valence-corrected chi connectivity index (χ1v) is 7.39. The van der Waals surface area contributed by atoms with E-state index in [-0.39, 0.29) is 0 Å². The van der Waals surface area contributed by atoms with Crippen LogP contribution in [0.5, 0.6) is 0 Å². The molecule has 0 aliphatic rings. The number of rotatable bonds is 2. The van der Waals surface area contributed by atoms with Gasteiger partial charge in [-0.1, -0.05) is 41.4 Å². The lowest BCUT2D eigenvalue weighted by molar-refractivity contribution is 0.222. The Labute approximate surface area is 125 Å². The van der Waals surface area contributed by atoms with Gasteiger partial charge in [-0.2, -0.15) is 0 Å². The number of benzene rings is 2. The second-order valence-electron chi connectivity index (χ2n) is 4.29. The molecule has 1 heterocycles. The number of hydrogen-bond donors (Lipinski definition) is 1. The molecule has 1 aromatic heterocycles. The van der Waals surface area contributed by atoms with Gasteiger partial charge in [0.05, 0.1) is 0 Å². The van der Waals surface area contributed by atoms with Crippen LogP contribution in [-0.4, -0.2) is 5.11 Å². The van der Waals surface area contributed by atoms with Crippen molar-refractivity contribution in [2.24, 2.45) is 0 Å². The van der Waals surface area contributed by atoms with Crippen LogP contribution in [0.1, 0.15) is 17.2 Å². The molecule has 0 aliphatic carbocycles. The predicted octanol–water partition coefficient (Wildman–Crippen LogP) is 5.29. The maximum absolute atomic E-state index is 10.5. The molecule has 2 aromatic carbocycles. The Morgan fingerprint density at radius 2 is 1.74 bits per heavy atom. The van der Waals surface area contributed by atoms with Crippen molar-refractivity contribution < 1.29 is 5.11 Å². The van der Waals surface area contributed by atoms with E-state index < -0.39 is 6.10 Å². The largest absolute Gasteiger partial charge is 0.384 e. The summed E-state index contributed by atoms with van der Waals surface area (Å²) in [6.45, 7) is 0. The molecule has 4 heteroatoms. The molecule has 0 aliphatic heterocycles. The minimum atomic E-state index is -0.724. The highest BCUT2D eigenvalue weighted by Gasteiger charge is 2.15. The van der Waals surface area contributed by atoms with Crippen LogP contribution in [0.3, 0.4) is 0 Å². The lowest BCUT2D eigenvalue weighted by atomic mass is 10.0. The van der Waals surface area contributed by atoms with Crippen molar-refractivity contribution in [1.82, 2.24) is 0 Å². The Balaban J connectivity index is 2.13. The quantitative estimate of drug-likeness (QED) is 0.682. The molecule has 1 atom stereocenters. The van der Waals surface area contributed by atoms with Crippen molar-refractivity contribution >= 4 is 44.6 Å². The maximum atomic E-state index is 10.5. The van der Waals surface area contributed by atoms with Crippen LogP contribution in [0.4, 0.5) is 0 Å².